The topological polar surface area (TPSA) is 64.8 Å². The summed E-state index contributed by atoms with van der Waals surface area (Å²) >= 11 is 3.25. The van der Waals surface area contributed by atoms with Gasteiger partial charge in [-0.1, -0.05) is 37.1 Å². The number of aromatic nitrogens is 3. The highest BCUT2D eigenvalue weighted by molar-refractivity contribution is 8.00. The van der Waals surface area contributed by atoms with Crippen LogP contribution in [0.15, 0.2) is 22.7 Å². The van der Waals surface area contributed by atoms with Gasteiger partial charge in [0.2, 0.25) is 0 Å². The maximum Gasteiger partial charge on any atom is 0.191 e. The number of thiophene rings is 1. The van der Waals surface area contributed by atoms with Gasteiger partial charge in [0.1, 0.15) is 15.7 Å². The molecule has 0 radical (unpaired) electrons. The Morgan fingerprint density at radius 3 is 2.75 bits per heavy atom. The Kier molecular flexibility index (Phi) is 5.99. The Morgan fingerprint density at radius 2 is 2.08 bits per heavy atom. The quantitative estimate of drug-likeness (QED) is 0.682. The summed E-state index contributed by atoms with van der Waals surface area (Å²) in [7, 11) is -2.94. The molecule has 0 spiro atoms. The van der Waals surface area contributed by atoms with E-state index in [-0.39, 0.29) is 5.75 Å². The fraction of sp³-hybridized carbons (Fsp3) is 0.625. The van der Waals surface area contributed by atoms with Gasteiger partial charge in [-0.25, -0.2) is 8.42 Å². The number of rotatable bonds is 7. The molecule has 1 aliphatic rings. The average Bonchev–Trinajstić information content (AvgIpc) is 3.18. The Balaban J connectivity index is 1.80. The van der Waals surface area contributed by atoms with E-state index in [1.807, 2.05) is 0 Å². The molecule has 132 valence electrons. The largest absolute Gasteiger partial charge is 0.303 e. The van der Waals surface area contributed by atoms with E-state index < -0.39 is 9.84 Å². The van der Waals surface area contributed by atoms with Gasteiger partial charge in [0, 0.05) is 29.3 Å². The fourth-order valence-electron chi connectivity index (χ4n) is 3.09. The number of hydrogen-bond donors (Lipinski definition) is 0. The van der Waals surface area contributed by atoms with Gasteiger partial charge >= 0.3 is 0 Å². The van der Waals surface area contributed by atoms with Crippen molar-refractivity contribution in [3.05, 3.63) is 28.2 Å². The zero-order valence-electron chi connectivity index (χ0n) is 13.8. The molecule has 5 nitrogen and oxygen atoms in total. The molecule has 1 aliphatic carbocycles. The normalized spacial score (nSPS) is 16.5. The van der Waals surface area contributed by atoms with E-state index in [1.54, 1.807) is 11.3 Å². The van der Waals surface area contributed by atoms with Crippen molar-refractivity contribution in [3.63, 3.8) is 0 Å². The van der Waals surface area contributed by atoms with E-state index in [0.29, 0.717) is 11.8 Å². The molecule has 0 saturated heterocycles. The van der Waals surface area contributed by atoms with E-state index in [9.17, 15) is 8.42 Å². The van der Waals surface area contributed by atoms with Crippen molar-refractivity contribution < 1.29 is 8.42 Å². The van der Waals surface area contributed by atoms with E-state index in [1.165, 1.54) is 42.2 Å². The van der Waals surface area contributed by atoms with Crippen molar-refractivity contribution in [3.8, 4) is 0 Å². The van der Waals surface area contributed by atoms with Crippen molar-refractivity contribution in [1.29, 1.82) is 0 Å². The SMILES string of the molecule is CS(=O)(=O)CCSc1nnc(Cc2cccs2)n1C1CCCCC1. The van der Waals surface area contributed by atoms with E-state index in [2.05, 4.69) is 32.3 Å². The van der Waals surface area contributed by atoms with Crippen LogP contribution in [0, 0.1) is 0 Å². The molecule has 3 rings (SSSR count). The van der Waals surface area contributed by atoms with Gasteiger partial charge in [-0.2, -0.15) is 0 Å². The van der Waals surface area contributed by atoms with Gasteiger partial charge in [-0.15, -0.1) is 21.5 Å². The van der Waals surface area contributed by atoms with Gasteiger partial charge in [-0.3, -0.25) is 0 Å². The average molecular weight is 386 g/mol. The molecule has 1 fully saturated rings. The van der Waals surface area contributed by atoms with Crippen molar-refractivity contribution in [1.82, 2.24) is 14.8 Å². The number of sulfone groups is 1. The molecule has 2 aromatic rings. The molecular formula is C16H23N3O2S3. The molecular weight excluding hydrogens is 362 g/mol. The molecule has 1 saturated carbocycles. The number of thioether (sulfide) groups is 1. The Morgan fingerprint density at radius 1 is 1.29 bits per heavy atom. The predicted octanol–water partition coefficient (Wildman–Crippen LogP) is 3.57. The smallest absolute Gasteiger partial charge is 0.191 e. The van der Waals surface area contributed by atoms with Crippen LogP contribution < -0.4 is 0 Å². The molecule has 0 N–H and O–H groups in total. The van der Waals surface area contributed by atoms with Crippen LogP contribution in [0.1, 0.15) is 48.8 Å². The minimum atomic E-state index is -2.94. The molecule has 0 atom stereocenters. The van der Waals surface area contributed by atoms with Gasteiger partial charge in [-0.05, 0) is 24.3 Å². The second-order valence-corrected chi connectivity index (χ2v) is 10.6. The second kappa shape index (κ2) is 8.01. The molecule has 0 aromatic carbocycles. The zero-order chi connectivity index (χ0) is 17.0. The van der Waals surface area contributed by atoms with Crippen molar-refractivity contribution in [2.45, 2.75) is 49.7 Å². The summed E-state index contributed by atoms with van der Waals surface area (Å²) in [6.45, 7) is 0. The second-order valence-electron chi connectivity index (χ2n) is 6.30. The molecule has 24 heavy (non-hydrogen) atoms. The fourth-order valence-corrected chi connectivity index (χ4v) is 6.01. The van der Waals surface area contributed by atoms with Gasteiger partial charge in [0.15, 0.2) is 5.16 Å². The van der Waals surface area contributed by atoms with Crippen LogP contribution in [0.4, 0.5) is 0 Å². The molecule has 0 amide bonds. The lowest BCUT2D eigenvalue weighted by atomic mass is 9.95. The lowest BCUT2D eigenvalue weighted by Gasteiger charge is -2.25. The van der Waals surface area contributed by atoms with Crippen LogP contribution in [-0.2, 0) is 16.3 Å². The Labute approximate surface area is 151 Å². The molecule has 2 aromatic heterocycles. The van der Waals surface area contributed by atoms with Crippen LogP contribution in [0.25, 0.3) is 0 Å². The van der Waals surface area contributed by atoms with Crippen LogP contribution in [0.2, 0.25) is 0 Å². The highest BCUT2D eigenvalue weighted by atomic mass is 32.2. The van der Waals surface area contributed by atoms with Crippen LogP contribution >= 0.6 is 23.1 Å². The third kappa shape index (κ3) is 4.83. The third-order valence-electron chi connectivity index (χ3n) is 4.27. The van der Waals surface area contributed by atoms with Gasteiger partial charge < -0.3 is 4.57 Å². The van der Waals surface area contributed by atoms with Crippen LogP contribution in [0.3, 0.4) is 0 Å². The predicted molar refractivity (Wildman–Crippen MR) is 99.7 cm³/mol. The Bertz CT molecular complexity index is 748. The van der Waals surface area contributed by atoms with Crippen molar-refractivity contribution in [2.24, 2.45) is 0 Å². The summed E-state index contributed by atoms with van der Waals surface area (Å²) in [5.74, 6) is 1.71. The minimum Gasteiger partial charge on any atom is -0.303 e. The van der Waals surface area contributed by atoms with Gasteiger partial charge in [0.05, 0.1) is 5.75 Å². The first kappa shape index (κ1) is 17.9. The molecule has 8 heteroatoms. The highest BCUT2D eigenvalue weighted by Gasteiger charge is 2.23. The minimum absolute atomic E-state index is 0.176. The summed E-state index contributed by atoms with van der Waals surface area (Å²) < 4.78 is 25.0. The lowest BCUT2D eigenvalue weighted by molar-refractivity contribution is 0.330. The van der Waals surface area contributed by atoms with Crippen molar-refractivity contribution >= 4 is 32.9 Å². The monoisotopic (exact) mass is 385 g/mol. The van der Waals surface area contributed by atoms with E-state index in [4.69, 9.17) is 0 Å². The summed E-state index contributed by atoms with van der Waals surface area (Å²) in [5.41, 5.74) is 0. The first-order valence-corrected chi connectivity index (χ1v) is 12.2. The van der Waals surface area contributed by atoms with E-state index in [0.717, 1.165) is 30.2 Å². The lowest BCUT2D eigenvalue weighted by Crippen LogP contribution is -2.17. The molecule has 0 bridgehead atoms. The molecule has 0 aliphatic heterocycles. The first-order valence-electron chi connectivity index (χ1n) is 8.29. The summed E-state index contributed by atoms with van der Waals surface area (Å²) in [6.07, 6.45) is 8.19. The van der Waals surface area contributed by atoms with Crippen molar-refractivity contribution in [2.75, 3.05) is 17.8 Å². The highest BCUT2D eigenvalue weighted by Crippen LogP contribution is 2.33. The Hall–Kier alpha value is -0.860. The third-order valence-corrected chi connectivity index (χ3v) is 7.30. The standard InChI is InChI=1S/C16H23N3O2S3/c1-24(20,21)11-10-23-16-18-17-15(12-14-8-5-9-22-14)19(16)13-6-3-2-4-7-13/h5,8-9,13H,2-4,6-7,10-12H2,1H3. The summed E-state index contributed by atoms with van der Waals surface area (Å²) in [6, 6.07) is 4.63. The van der Waals surface area contributed by atoms with Crippen LogP contribution in [0.5, 0.6) is 0 Å². The number of nitrogens with zero attached hydrogens (tertiary/aromatic N) is 3. The molecule has 0 unspecified atom stereocenters. The van der Waals surface area contributed by atoms with Gasteiger partial charge in [0.25, 0.3) is 0 Å². The maximum atomic E-state index is 11.4. The first-order chi connectivity index (χ1) is 11.5. The van der Waals surface area contributed by atoms with E-state index >= 15 is 0 Å². The summed E-state index contributed by atoms with van der Waals surface area (Å²) in [5, 5.41) is 11.8. The molecule has 2 heterocycles. The number of hydrogen-bond acceptors (Lipinski definition) is 6. The summed E-state index contributed by atoms with van der Waals surface area (Å²) in [4.78, 5) is 1.28. The zero-order valence-corrected chi connectivity index (χ0v) is 16.3. The van der Waals surface area contributed by atoms with Crippen LogP contribution in [-0.4, -0.2) is 40.9 Å². The maximum absolute atomic E-state index is 11.4.